The highest BCUT2D eigenvalue weighted by molar-refractivity contribution is 7.82. The standard InChI is InChI=1S/C22H24FNO3S/c1-3-4-5-13-24(28(27)21-11-9-20(23)10-12-21)16-17(2)19-8-6-7-18(14-19)15-22(25)26/h3,6-12,14H,1-2,4-5,13,15-16H2,(H,25,26). The Kier molecular flexibility index (Phi) is 8.29. The SMILES string of the molecule is C=CCCCN(CC(=C)c1cccc(CC(=O)O)c1)S(=O)c1ccc(F)cc1. The molecular formula is C22H24FNO3S. The van der Waals surface area contributed by atoms with Crippen molar-refractivity contribution < 1.29 is 18.5 Å². The van der Waals surface area contributed by atoms with Crippen molar-refractivity contribution in [3.8, 4) is 0 Å². The van der Waals surface area contributed by atoms with Crippen LogP contribution in [-0.2, 0) is 22.2 Å². The first-order valence-corrected chi connectivity index (χ1v) is 10.0. The Labute approximate surface area is 167 Å². The Bertz CT molecular complexity index is 864. The summed E-state index contributed by atoms with van der Waals surface area (Å²) < 4.78 is 28.0. The van der Waals surface area contributed by atoms with Crippen LogP contribution >= 0.6 is 0 Å². The number of hydrogen-bond acceptors (Lipinski definition) is 2. The van der Waals surface area contributed by atoms with Gasteiger partial charge in [0, 0.05) is 13.1 Å². The minimum atomic E-state index is -1.46. The van der Waals surface area contributed by atoms with Gasteiger partial charge in [0.25, 0.3) is 0 Å². The van der Waals surface area contributed by atoms with Crippen LogP contribution in [0.5, 0.6) is 0 Å². The van der Waals surface area contributed by atoms with E-state index in [2.05, 4.69) is 13.2 Å². The highest BCUT2D eigenvalue weighted by Gasteiger charge is 2.17. The second-order valence-corrected chi connectivity index (χ2v) is 7.86. The first kappa shape index (κ1) is 21.7. The number of unbranched alkanes of at least 4 members (excludes halogenated alkanes) is 1. The molecule has 0 bridgehead atoms. The van der Waals surface area contributed by atoms with Crippen LogP contribution in [0.25, 0.3) is 5.57 Å². The van der Waals surface area contributed by atoms with Gasteiger partial charge in [-0.05, 0) is 53.8 Å². The van der Waals surface area contributed by atoms with Crippen molar-refractivity contribution in [2.45, 2.75) is 24.2 Å². The van der Waals surface area contributed by atoms with Gasteiger partial charge in [0.15, 0.2) is 0 Å². The van der Waals surface area contributed by atoms with Crippen molar-refractivity contribution in [3.05, 3.63) is 84.7 Å². The highest BCUT2D eigenvalue weighted by atomic mass is 32.2. The zero-order valence-electron chi connectivity index (χ0n) is 15.6. The molecular weight excluding hydrogens is 377 g/mol. The zero-order chi connectivity index (χ0) is 20.5. The van der Waals surface area contributed by atoms with E-state index in [1.54, 1.807) is 22.5 Å². The summed E-state index contributed by atoms with van der Waals surface area (Å²) in [4.78, 5) is 11.5. The van der Waals surface area contributed by atoms with Crippen LogP contribution in [0.3, 0.4) is 0 Å². The third kappa shape index (κ3) is 6.55. The summed E-state index contributed by atoms with van der Waals surface area (Å²) in [5.41, 5.74) is 2.23. The minimum Gasteiger partial charge on any atom is -0.481 e. The largest absolute Gasteiger partial charge is 0.481 e. The fourth-order valence-corrected chi connectivity index (χ4v) is 3.95. The second kappa shape index (κ2) is 10.7. The van der Waals surface area contributed by atoms with Gasteiger partial charge in [0.2, 0.25) is 0 Å². The number of benzene rings is 2. The molecule has 6 heteroatoms. The average Bonchev–Trinajstić information content (AvgIpc) is 2.67. The molecule has 0 aliphatic heterocycles. The number of hydrogen-bond donors (Lipinski definition) is 1. The van der Waals surface area contributed by atoms with Gasteiger partial charge in [-0.3, -0.25) is 4.79 Å². The molecule has 0 heterocycles. The Morgan fingerprint density at radius 1 is 1.21 bits per heavy atom. The van der Waals surface area contributed by atoms with E-state index in [0.29, 0.717) is 23.5 Å². The fourth-order valence-electron chi connectivity index (χ4n) is 2.71. The lowest BCUT2D eigenvalue weighted by atomic mass is 10.0. The van der Waals surface area contributed by atoms with E-state index in [1.807, 2.05) is 12.1 Å². The Morgan fingerprint density at radius 2 is 1.93 bits per heavy atom. The first-order chi connectivity index (χ1) is 13.4. The summed E-state index contributed by atoms with van der Waals surface area (Å²) in [6.07, 6.45) is 3.31. The van der Waals surface area contributed by atoms with Gasteiger partial charge < -0.3 is 5.11 Å². The Hall–Kier alpha value is -2.57. The van der Waals surface area contributed by atoms with Crippen molar-refractivity contribution in [1.82, 2.24) is 4.31 Å². The molecule has 2 aromatic carbocycles. The number of allylic oxidation sites excluding steroid dienone is 1. The minimum absolute atomic E-state index is 0.0638. The van der Waals surface area contributed by atoms with Crippen molar-refractivity contribution in [3.63, 3.8) is 0 Å². The number of carboxylic acid groups (broad SMARTS) is 1. The van der Waals surface area contributed by atoms with Crippen LogP contribution in [-0.4, -0.2) is 32.7 Å². The number of halogens is 1. The van der Waals surface area contributed by atoms with E-state index in [-0.39, 0.29) is 12.2 Å². The van der Waals surface area contributed by atoms with Crippen LogP contribution in [0.15, 0.2) is 72.7 Å². The fraction of sp³-hybridized carbons (Fsp3) is 0.227. The molecule has 0 saturated heterocycles. The van der Waals surface area contributed by atoms with Crippen molar-refractivity contribution >= 4 is 22.5 Å². The Balaban J connectivity index is 2.18. The molecule has 1 atom stereocenters. The maximum absolute atomic E-state index is 13.2. The smallest absolute Gasteiger partial charge is 0.307 e. The predicted octanol–water partition coefficient (Wildman–Crippen LogP) is 4.46. The normalized spacial score (nSPS) is 11.9. The number of carboxylic acids is 1. The summed E-state index contributed by atoms with van der Waals surface area (Å²) >= 11 is 0. The van der Waals surface area contributed by atoms with E-state index in [9.17, 15) is 13.4 Å². The molecule has 0 aromatic heterocycles. The number of aliphatic carboxylic acids is 1. The lowest BCUT2D eigenvalue weighted by Crippen LogP contribution is -2.29. The van der Waals surface area contributed by atoms with Crippen LogP contribution < -0.4 is 0 Å². The van der Waals surface area contributed by atoms with Crippen molar-refractivity contribution in [2.24, 2.45) is 0 Å². The molecule has 148 valence electrons. The molecule has 4 nitrogen and oxygen atoms in total. The van der Waals surface area contributed by atoms with E-state index < -0.39 is 17.0 Å². The van der Waals surface area contributed by atoms with Gasteiger partial charge in [0.05, 0.1) is 11.3 Å². The number of nitrogens with zero attached hydrogens (tertiary/aromatic N) is 1. The van der Waals surface area contributed by atoms with E-state index in [1.165, 1.54) is 24.3 Å². The molecule has 0 spiro atoms. The van der Waals surface area contributed by atoms with Crippen molar-refractivity contribution in [1.29, 1.82) is 0 Å². The van der Waals surface area contributed by atoms with Crippen molar-refractivity contribution in [2.75, 3.05) is 13.1 Å². The monoisotopic (exact) mass is 401 g/mol. The summed E-state index contributed by atoms with van der Waals surface area (Å²) in [6.45, 7) is 8.71. The molecule has 0 fully saturated rings. The maximum atomic E-state index is 13.2. The molecule has 2 rings (SSSR count). The lowest BCUT2D eigenvalue weighted by Gasteiger charge is -2.22. The summed E-state index contributed by atoms with van der Waals surface area (Å²) in [7, 11) is -1.46. The third-order valence-corrected chi connectivity index (χ3v) is 5.58. The van der Waals surface area contributed by atoms with Crippen LogP contribution in [0, 0.1) is 5.82 Å². The van der Waals surface area contributed by atoms with Gasteiger partial charge in [-0.15, -0.1) is 6.58 Å². The maximum Gasteiger partial charge on any atom is 0.307 e. The molecule has 0 aliphatic rings. The molecule has 28 heavy (non-hydrogen) atoms. The Morgan fingerprint density at radius 3 is 2.57 bits per heavy atom. The molecule has 0 saturated carbocycles. The highest BCUT2D eigenvalue weighted by Crippen LogP contribution is 2.20. The molecule has 0 aliphatic carbocycles. The molecule has 2 aromatic rings. The van der Waals surface area contributed by atoms with Crippen LogP contribution in [0.4, 0.5) is 4.39 Å². The zero-order valence-corrected chi connectivity index (χ0v) is 16.5. The van der Waals surface area contributed by atoms with Gasteiger partial charge in [0.1, 0.15) is 16.8 Å². The molecule has 1 N–H and O–H groups in total. The molecule has 0 radical (unpaired) electrons. The van der Waals surface area contributed by atoms with Gasteiger partial charge in [-0.25, -0.2) is 12.9 Å². The van der Waals surface area contributed by atoms with Crippen LogP contribution in [0.1, 0.15) is 24.0 Å². The summed E-state index contributed by atoms with van der Waals surface area (Å²) in [5.74, 6) is -1.27. The van der Waals surface area contributed by atoms with Gasteiger partial charge in [-0.2, -0.15) is 0 Å². The van der Waals surface area contributed by atoms with Gasteiger partial charge >= 0.3 is 5.97 Å². The predicted molar refractivity (Wildman–Crippen MR) is 111 cm³/mol. The average molecular weight is 402 g/mol. The lowest BCUT2D eigenvalue weighted by molar-refractivity contribution is -0.136. The van der Waals surface area contributed by atoms with Crippen LogP contribution in [0.2, 0.25) is 0 Å². The topological polar surface area (TPSA) is 57.6 Å². The third-order valence-electron chi connectivity index (χ3n) is 4.12. The summed E-state index contributed by atoms with van der Waals surface area (Å²) in [6, 6.07) is 12.8. The quantitative estimate of drug-likeness (QED) is 0.447. The number of carbonyl (C=O) groups is 1. The summed E-state index contributed by atoms with van der Waals surface area (Å²) in [5, 5.41) is 8.98. The number of rotatable bonds is 11. The molecule has 0 amide bonds. The van der Waals surface area contributed by atoms with E-state index in [0.717, 1.165) is 24.0 Å². The van der Waals surface area contributed by atoms with Gasteiger partial charge in [-0.1, -0.05) is 36.9 Å². The molecule has 1 unspecified atom stereocenters. The first-order valence-electron chi connectivity index (χ1n) is 8.93. The van der Waals surface area contributed by atoms with E-state index in [4.69, 9.17) is 5.11 Å². The van der Waals surface area contributed by atoms with E-state index >= 15 is 0 Å². The second-order valence-electron chi connectivity index (χ2n) is 6.37.